The Kier molecular flexibility index (Phi) is 8.17. The molecule has 0 aliphatic heterocycles. The zero-order chi connectivity index (χ0) is 25.5. The summed E-state index contributed by atoms with van der Waals surface area (Å²) in [6, 6.07) is -0.507. The van der Waals surface area contributed by atoms with E-state index in [1.807, 2.05) is 13.8 Å². The standard InChI is InChI=1S/C32H55NO2/c1-20(2)9-8-10-22(5)26-13-14-27-25-12-11-23-19-24(35-30(34)29(33)21(3)4)15-17-31(23,6)28(25)16-18-32(26,27)7/h11,20-22,24-29H,8-10,12-19,33H2,1-7H3/t22-,24+,25+,26-,27+,28+,29+,31+,32-/m1/s1. The summed E-state index contributed by atoms with van der Waals surface area (Å²) in [5.41, 5.74) is 8.49. The van der Waals surface area contributed by atoms with E-state index in [-0.39, 0.29) is 18.0 Å². The number of rotatable bonds is 8. The summed E-state index contributed by atoms with van der Waals surface area (Å²) in [7, 11) is 0. The van der Waals surface area contributed by atoms with Crippen molar-refractivity contribution >= 4 is 5.97 Å². The first-order valence-electron chi connectivity index (χ1n) is 15.1. The lowest BCUT2D eigenvalue weighted by Crippen LogP contribution is -2.51. The lowest BCUT2D eigenvalue weighted by atomic mass is 9.47. The number of allylic oxidation sites excluding steroid dienone is 1. The predicted octanol–water partition coefficient (Wildman–Crippen LogP) is 7.92. The predicted molar refractivity (Wildman–Crippen MR) is 146 cm³/mol. The lowest BCUT2D eigenvalue weighted by molar-refractivity contribution is -0.154. The lowest BCUT2D eigenvalue weighted by Gasteiger charge is -2.58. The highest BCUT2D eigenvalue weighted by Crippen LogP contribution is 2.67. The first-order valence-corrected chi connectivity index (χ1v) is 15.1. The molecule has 0 bridgehead atoms. The monoisotopic (exact) mass is 485 g/mol. The molecule has 3 heteroatoms. The first kappa shape index (κ1) is 27.2. The minimum Gasteiger partial charge on any atom is -0.461 e. The molecule has 4 aliphatic carbocycles. The molecule has 200 valence electrons. The van der Waals surface area contributed by atoms with Crippen molar-refractivity contribution in [2.75, 3.05) is 0 Å². The van der Waals surface area contributed by atoms with E-state index in [1.54, 1.807) is 5.57 Å². The van der Waals surface area contributed by atoms with Gasteiger partial charge in [0.25, 0.3) is 0 Å². The van der Waals surface area contributed by atoms with Gasteiger partial charge >= 0.3 is 5.97 Å². The van der Waals surface area contributed by atoms with Crippen molar-refractivity contribution in [1.82, 2.24) is 0 Å². The van der Waals surface area contributed by atoms with Gasteiger partial charge in [-0.15, -0.1) is 0 Å². The van der Waals surface area contributed by atoms with Crippen LogP contribution in [0.2, 0.25) is 0 Å². The molecule has 0 unspecified atom stereocenters. The Balaban J connectivity index is 1.43. The van der Waals surface area contributed by atoms with Crippen molar-refractivity contribution in [3.8, 4) is 0 Å². The van der Waals surface area contributed by atoms with Gasteiger partial charge in [-0.05, 0) is 97.2 Å². The molecule has 0 amide bonds. The number of carbonyl (C=O) groups excluding carboxylic acids is 1. The minimum absolute atomic E-state index is 0.0135. The fourth-order valence-electron chi connectivity index (χ4n) is 9.27. The molecule has 4 rings (SSSR count). The Morgan fingerprint density at radius 1 is 1.03 bits per heavy atom. The highest BCUT2D eigenvalue weighted by Gasteiger charge is 2.59. The largest absolute Gasteiger partial charge is 0.461 e. The Labute approximate surface area is 216 Å². The molecule has 0 aromatic rings. The molecule has 3 saturated carbocycles. The van der Waals surface area contributed by atoms with E-state index in [0.29, 0.717) is 10.8 Å². The Hall–Kier alpha value is -0.830. The fourth-order valence-corrected chi connectivity index (χ4v) is 9.27. The Morgan fingerprint density at radius 2 is 1.77 bits per heavy atom. The van der Waals surface area contributed by atoms with E-state index in [1.165, 1.54) is 51.4 Å². The Morgan fingerprint density at radius 3 is 2.46 bits per heavy atom. The molecule has 4 aliphatic rings. The smallest absolute Gasteiger partial charge is 0.323 e. The number of hydrogen-bond acceptors (Lipinski definition) is 3. The molecule has 3 fully saturated rings. The molecule has 2 N–H and O–H groups in total. The van der Waals surface area contributed by atoms with Gasteiger partial charge in [0.2, 0.25) is 0 Å². The van der Waals surface area contributed by atoms with Crippen LogP contribution in [-0.4, -0.2) is 18.1 Å². The second-order valence-corrected chi connectivity index (χ2v) is 14.4. The number of carbonyl (C=O) groups is 1. The van der Waals surface area contributed by atoms with Crippen molar-refractivity contribution in [1.29, 1.82) is 0 Å². The first-order chi connectivity index (χ1) is 16.5. The van der Waals surface area contributed by atoms with E-state index in [4.69, 9.17) is 10.5 Å². The summed E-state index contributed by atoms with van der Waals surface area (Å²) in [5.74, 6) is 5.08. The van der Waals surface area contributed by atoms with E-state index < -0.39 is 6.04 Å². The number of hydrogen-bond donors (Lipinski definition) is 1. The summed E-state index contributed by atoms with van der Waals surface area (Å²) < 4.78 is 5.91. The maximum Gasteiger partial charge on any atom is 0.323 e. The van der Waals surface area contributed by atoms with Crippen LogP contribution >= 0.6 is 0 Å². The maximum atomic E-state index is 12.5. The number of esters is 1. The van der Waals surface area contributed by atoms with Gasteiger partial charge in [-0.2, -0.15) is 0 Å². The van der Waals surface area contributed by atoms with Crippen LogP contribution in [0.5, 0.6) is 0 Å². The third-order valence-electron chi connectivity index (χ3n) is 11.5. The van der Waals surface area contributed by atoms with Crippen LogP contribution in [0.3, 0.4) is 0 Å². The van der Waals surface area contributed by atoms with Gasteiger partial charge in [0.15, 0.2) is 0 Å². The summed E-state index contributed by atoms with van der Waals surface area (Å²) in [6.07, 6.45) is 16.8. The van der Waals surface area contributed by atoms with Gasteiger partial charge in [0.1, 0.15) is 12.1 Å². The van der Waals surface area contributed by atoms with Crippen LogP contribution in [-0.2, 0) is 9.53 Å². The third kappa shape index (κ3) is 5.14. The van der Waals surface area contributed by atoms with Crippen LogP contribution < -0.4 is 5.73 Å². The normalized spacial score (nSPS) is 40.5. The second kappa shape index (κ2) is 10.5. The molecule has 0 radical (unpaired) electrons. The molecule has 0 aromatic heterocycles. The van der Waals surface area contributed by atoms with Crippen LogP contribution in [0.25, 0.3) is 0 Å². The quantitative estimate of drug-likeness (QED) is 0.280. The molecular formula is C32H55NO2. The number of nitrogens with two attached hydrogens (primary N) is 1. The van der Waals surface area contributed by atoms with Crippen molar-refractivity contribution in [2.45, 2.75) is 131 Å². The van der Waals surface area contributed by atoms with Crippen molar-refractivity contribution in [2.24, 2.45) is 58.0 Å². The third-order valence-corrected chi connectivity index (χ3v) is 11.5. The fraction of sp³-hybridized carbons (Fsp3) is 0.906. The van der Waals surface area contributed by atoms with Crippen LogP contribution in [0, 0.1) is 52.3 Å². The van der Waals surface area contributed by atoms with E-state index in [9.17, 15) is 4.79 Å². The summed E-state index contributed by atoms with van der Waals surface area (Å²) in [5, 5.41) is 0. The number of fused-ring (bicyclic) bond motifs is 5. The molecule has 0 spiro atoms. The molecule has 35 heavy (non-hydrogen) atoms. The van der Waals surface area contributed by atoms with Gasteiger partial charge in [0.05, 0.1) is 0 Å². The van der Waals surface area contributed by atoms with Gasteiger partial charge in [0, 0.05) is 6.42 Å². The van der Waals surface area contributed by atoms with Crippen LogP contribution in [0.1, 0.15) is 119 Å². The minimum atomic E-state index is -0.507. The molecule has 0 saturated heterocycles. The van der Waals surface area contributed by atoms with Gasteiger partial charge in [-0.3, -0.25) is 4.79 Å². The zero-order valence-corrected chi connectivity index (χ0v) is 23.9. The van der Waals surface area contributed by atoms with E-state index in [2.05, 4.69) is 40.7 Å². The van der Waals surface area contributed by atoms with Gasteiger partial charge in [-0.1, -0.05) is 79.4 Å². The van der Waals surface area contributed by atoms with Crippen LogP contribution in [0.4, 0.5) is 0 Å². The number of ether oxygens (including phenoxy) is 1. The molecule has 0 aromatic carbocycles. The summed E-state index contributed by atoms with van der Waals surface area (Å²) >= 11 is 0. The molecule has 9 atom stereocenters. The van der Waals surface area contributed by atoms with Crippen LogP contribution in [0.15, 0.2) is 11.6 Å². The Bertz CT molecular complexity index is 786. The SMILES string of the molecule is CC(C)CCC[C@@H](C)[C@H]1CC[C@H]2[C@@H]3CC=C4C[C@@H](OC(=O)[C@@H](N)C(C)C)CC[C@]4(C)[C@H]3CC[C@]12C. The molecular weight excluding hydrogens is 430 g/mol. The molecule has 0 heterocycles. The highest BCUT2D eigenvalue weighted by molar-refractivity contribution is 5.76. The van der Waals surface area contributed by atoms with Crippen molar-refractivity contribution < 1.29 is 9.53 Å². The van der Waals surface area contributed by atoms with Gasteiger partial charge in [-0.25, -0.2) is 0 Å². The average Bonchev–Trinajstić information content (AvgIpc) is 3.15. The van der Waals surface area contributed by atoms with Gasteiger partial charge < -0.3 is 10.5 Å². The van der Waals surface area contributed by atoms with E-state index in [0.717, 1.165) is 54.8 Å². The zero-order valence-electron chi connectivity index (χ0n) is 23.9. The average molecular weight is 486 g/mol. The maximum absolute atomic E-state index is 12.5. The molecule has 3 nitrogen and oxygen atoms in total. The summed E-state index contributed by atoms with van der Waals surface area (Å²) in [6.45, 7) is 16.5. The van der Waals surface area contributed by atoms with Crippen molar-refractivity contribution in [3.63, 3.8) is 0 Å². The van der Waals surface area contributed by atoms with E-state index >= 15 is 0 Å². The van der Waals surface area contributed by atoms with Crippen molar-refractivity contribution in [3.05, 3.63) is 11.6 Å². The summed E-state index contributed by atoms with van der Waals surface area (Å²) in [4.78, 5) is 12.5. The topological polar surface area (TPSA) is 52.3 Å². The highest BCUT2D eigenvalue weighted by atomic mass is 16.5. The second-order valence-electron chi connectivity index (χ2n) is 14.4.